The smallest absolute Gasteiger partial charge is 0.207 e. The third-order valence-corrected chi connectivity index (χ3v) is 1.51. The zero-order valence-electron chi connectivity index (χ0n) is 6.24. The van der Waals surface area contributed by atoms with Crippen molar-refractivity contribution in [1.82, 2.24) is 0 Å². The number of aryl methyl sites for hydroxylation is 1. The minimum absolute atomic E-state index is 0.0249. The van der Waals surface area contributed by atoms with E-state index in [2.05, 4.69) is 0 Å². The molecule has 0 N–H and O–H groups in total. The normalized spacial score (nSPS) is 10.8. The van der Waals surface area contributed by atoms with Gasteiger partial charge in [0.15, 0.2) is 0 Å². The topological polar surface area (TPSA) is 0 Å². The molecule has 0 atom stereocenters. The third-order valence-electron chi connectivity index (χ3n) is 1.51. The van der Waals surface area contributed by atoms with E-state index in [0.29, 0.717) is 6.07 Å². The first-order chi connectivity index (χ1) is 5.52. The Morgan fingerprint density at radius 3 is 2.17 bits per heavy atom. The molecule has 12 heavy (non-hydrogen) atoms. The van der Waals surface area contributed by atoms with E-state index in [-0.39, 0.29) is 5.56 Å². The third kappa shape index (κ3) is 1.57. The lowest BCUT2D eigenvalue weighted by molar-refractivity contribution is 0.145. The number of hydrogen-bond donors (Lipinski definition) is 0. The van der Waals surface area contributed by atoms with Crippen LogP contribution in [0.15, 0.2) is 12.1 Å². The quantitative estimate of drug-likeness (QED) is 0.579. The van der Waals surface area contributed by atoms with Gasteiger partial charge < -0.3 is 0 Å². The van der Waals surface area contributed by atoms with E-state index in [9.17, 15) is 17.6 Å². The van der Waals surface area contributed by atoms with Crippen LogP contribution in [0.1, 0.15) is 17.6 Å². The van der Waals surface area contributed by atoms with E-state index < -0.39 is 23.6 Å². The summed E-state index contributed by atoms with van der Waals surface area (Å²) in [6, 6.07) is 1.28. The summed E-state index contributed by atoms with van der Waals surface area (Å²) < 4.78 is 49.1. The summed E-state index contributed by atoms with van der Waals surface area (Å²) in [5, 5.41) is 0. The van der Waals surface area contributed by atoms with Gasteiger partial charge in [-0.1, -0.05) is 0 Å². The maximum Gasteiger partial charge on any atom is 0.266 e. The van der Waals surface area contributed by atoms with Crippen molar-refractivity contribution in [3.05, 3.63) is 34.9 Å². The summed E-state index contributed by atoms with van der Waals surface area (Å²) in [7, 11) is 0. The molecule has 0 fully saturated rings. The molecule has 0 aliphatic heterocycles. The number of hydrogen-bond acceptors (Lipinski definition) is 0. The molecule has 1 rings (SSSR count). The molecule has 1 aromatic rings. The molecule has 0 amide bonds. The van der Waals surface area contributed by atoms with E-state index in [4.69, 9.17) is 0 Å². The molecular formula is C8H6F4. The van der Waals surface area contributed by atoms with Crippen LogP contribution < -0.4 is 0 Å². The molecule has 0 unspecified atom stereocenters. The highest BCUT2D eigenvalue weighted by atomic mass is 19.3. The van der Waals surface area contributed by atoms with Gasteiger partial charge in [0.05, 0.1) is 5.56 Å². The van der Waals surface area contributed by atoms with Crippen LogP contribution in [0.3, 0.4) is 0 Å². The largest absolute Gasteiger partial charge is 0.266 e. The average Bonchev–Trinajstić information content (AvgIpc) is 1.96. The van der Waals surface area contributed by atoms with Crippen LogP contribution in [0.25, 0.3) is 0 Å². The van der Waals surface area contributed by atoms with Gasteiger partial charge in [0.2, 0.25) is 0 Å². The Kier molecular flexibility index (Phi) is 2.35. The Balaban J connectivity index is 3.23. The van der Waals surface area contributed by atoms with Gasteiger partial charge in [0, 0.05) is 0 Å². The minimum Gasteiger partial charge on any atom is -0.207 e. The van der Waals surface area contributed by atoms with Gasteiger partial charge in [0.1, 0.15) is 11.6 Å². The van der Waals surface area contributed by atoms with Gasteiger partial charge in [-0.2, -0.15) is 0 Å². The molecular weight excluding hydrogens is 172 g/mol. The first kappa shape index (κ1) is 9.03. The van der Waals surface area contributed by atoms with Crippen LogP contribution >= 0.6 is 0 Å². The number of rotatable bonds is 1. The average molecular weight is 178 g/mol. The summed E-state index contributed by atoms with van der Waals surface area (Å²) in [6.45, 7) is 1.31. The molecule has 66 valence electrons. The van der Waals surface area contributed by atoms with Crippen molar-refractivity contribution in [2.24, 2.45) is 0 Å². The molecule has 0 bridgehead atoms. The summed E-state index contributed by atoms with van der Waals surface area (Å²) in [5.74, 6) is -1.88. The SMILES string of the molecule is Cc1cc(F)c(C(F)F)cc1F. The van der Waals surface area contributed by atoms with Crippen molar-refractivity contribution >= 4 is 0 Å². The molecule has 1 aromatic carbocycles. The Labute approximate surface area is 66.8 Å². The van der Waals surface area contributed by atoms with E-state index in [1.165, 1.54) is 6.92 Å². The van der Waals surface area contributed by atoms with Crippen LogP contribution in [0, 0.1) is 18.6 Å². The van der Waals surface area contributed by atoms with Gasteiger partial charge in [-0.3, -0.25) is 0 Å². The van der Waals surface area contributed by atoms with E-state index in [1.54, 1.807) is 0 Å². The van der Waals surface area contributed by atoms with Crippen molar-refractivity contribution in [3.8, 4) is 0 Å². The maximum atomic E-state index is 12.6. The fraction of sp³-hybridized carbons (Fsp3) is 0.250. The number of benzene rings is 1. The summed E-state index contributed by atoms with van der Waals surface area (Å²) in [5.41, 5.74) is -0.866. The van der Waals surface area contributed by atoms with Gasteiger partial charge >= 0.3 is 0 Å². The standard InChI is InChI=1S/C8H6F4/c1-4-2-7(10)5(8(11)12)3-6(4)9/h2-3,8H,1H3. The molecule has 0 aliphatic carbocycles. The fourth-order valence-electron chi connectivity index (χ4n) is 0.829. The van der Waals surface area contributed by atoms with Gasteiger partial charge in [-0.15, -0.1) is 0 Å². The van der Waals surface area contributed by atoms with Crippen molar-refractivity contribution in [3.63, 3.8) is 0 Å². The fourth-order valence-corrected chi connectivity index (χ4v) is 0.829. The van der Waals surface area contributed by atoms with Crippen LogP contribution in [0.4, 0.5) is 17.6 Å². The van der Waals surface area contributed by atoms with Gasteiger partial charge in [0.25, 0.3) is 6.43 Å². The second-order valence-corrected chi connectivity index (χ2v) is 2.42. The summed E-state index contributed by atoms with van der Waals surface area (Å²) in [4.78, 5) is 0. The van der Waals surface area contributed by atoms with Crippen molar-refractivity contribution < 1.29 is 17.6 Å². The molecule has 4 heteroatoms. The predicted octanol–water partition coefficient (Wildman–Crippen LogP) is 3.21. The molecule has 0 spiro atoms. The number of halogens is 4. The van der Waals surface area contributed by atoms with E-state index >= 15 is 0 Å². The van der Waals surface area contributed by atoms with Crippen LogP contribution in [-0.2, 0) is 0 Å². The van der Waals surface area contributed by atoms with Gasteiger partial charge in [-0.05, 0) is 24.6 Å². The molecule has 0 saturated carbocycles. The van der Waals surface area contributed by atoms with Crippen molar-refractivity contribution in [2.45, 2.75) is 13.3 Å². The molecule has 0 radical (unpaired) electrons. The lowest BCUT2D eigenvalue weighted by atomic mass is 10.1. The Morgan fingerprint density at radius 1 is 1.08 bits per heavy atom. The molecule has 0 saturated heterocycles. The zero-order chi connectivity index (χ0) is 9.30. The predicted molar refractivity (Wildman–Crippen MR) is 36.1 cm³/mol. The minimum atomic E-state index is -2.97. The lowest BCUT2D eigenvalue weighted by Crippen LogP contribution is -1.94. The molecule has 0 nitrogen and oxygen atoms in total. The second kappa shape index (κ2) is 3.13. The maximum absolute atomic E-state index is 12.6. The first-order valence-corrected chi connectivity index (χ1v) is 3.26. The molecule has 0 aliphatic rings. The van der Waals surface area contributed by atoms with Crippen molar-refractivity contribution in [1.29, 1.82) is 0 Å². The van der Waals surface area contributed by atoms with Gasteiger partial charge in [-0.25, -0.2) is 17.6 Å². The Hall–Kier alpha value is -1.06. The molecule has 0 heterocycles. The van der Waals surface area contributed by atoms with E-state index in [1.807, 2.05) is 0 Å². The molecule has 0 aromatic heterocycles. The summed E-state index contributed by atoms with van der Waals surface area (Å²) in [6.07, 6.45) is -2.97. The van der Waals surface area contributed by atoms with Crippen LogP contribution in [0.2, 0.25) is 0 Å². The monoisotopic (exact) mass is 178 g/mol. The zero-order valence-corrected chi connectivity index (χ0v) is 6.24. The highest BCUT2D eigenvalue weighted by Gasteiger charge is 2.15. The summed E-state index contributed by atoms with van der Waals surface area (Å²) >= 11 is 0. The lowest BCUT2D eigenvalue weighted by Gasteiger charge is -2.03. The Bertz CT molecular complexity index is 293. The van der Waals surface area contributed by atoms with Crippen LogP contribution in [-0.4, -0.2) is 0 Å². The van der Waals surface area contributed by atoms with E-state index in [0.717, 1.165) is 6.07 Å². The highest BCUT2D eigenvalue weighted by molar-refractivity contribution is 5.25. The Morgan fingerprint density at radius 2 is 1.67 bits per heavy atom. The first-order valence-electron chi connectivity index (χ1n) is 3.26. The number of alkyl halides is 2. The second-order valence-electron chi connectivity index (χ2n) is 2.42. The van der Waals surface area contributed by atoms with Crippen molar-refractivity contribution in [2.75, 3.05) is 0 Å². The highest BCUT2D eigenvalue weighted by Crippen LogP contribution is 2.24. The van der Waals surface area contributed by atoms with Crippen LogP contribution in [0.5, 0.6) is 0 Å².